The molecule has 3 rings (SSSR count). The molecule has 2 aromatic rings. The molecular formula is C19H26N4O2S. The molecule has 0 saturated carbocycles. The van der Waals surface area contributed by atoms with E-state index in [4.69, 9.17) is 0 Å². The monoisotopic (exact) mass is 374 g/mol. The van der Waals surface area contributed by atoms with Gasteiger partial charge in [0, 0.05) is 36.9 Å². The maximum Gasteiger partial charge on any atom is 0.217 e. The summed E-state index contributed by atoms with van der Waals surface area (Å²) in [5.74, 6) is 0.0445. The van der Waals surface area contributed by atoms with E-state index in [0.29, 0.717) is 6.54 Å². The van der Waals surface area contributed by atoms with Crippen molar-refractivity contribution in [3.8, 4) is 0 Å². The van der Waals surface area contributed by atoms with E-state index >= 15 is 0 Å². The van der Waals surface area contributed by atoms with Crippen molar-refractivity contribution >= 4 is 10.0 Å². The van der Waals surface area contributed by atoms with Crippen molar-refractivity contribution < 1.29 is 8.42 Å². The van der Waals surface area contributed by atoms with Gasteiger partial charge in [-0.2, -0.15) is 0 Å². The summed E-state index contributed by atoms with van der Waals surface area (Å²) in [6.45, 7) is 4.12. The molecule has 7 heteroatoms. The molecule has 0 radical (unpaired) electrons. The fourth-order valence-corrected chi connectivity index (χ4v) is 5.38. The van der Waals surface area contributed by atoms with Gasteiger partial charge < -0.3 is 0 Å². The Morgan fingerprint density at radius 1 is 1.08 bits per heavy atom. The van der Waals surface area contributed by atoms with Crippen LogP contribution in [0.1, 0.15) is 30.9 Å². The zero-order valence-corrected chi connectivity index (χ0v) is 15.9. The van der Waals surface area contributed by atoms with Crippen LogP contribution in [0.5, 0.6) is 0 Å². The molecule has 3 unspecified atom stereocenters. The summed E-state index contributed by atoms with van der Waals surface area (Å²) in [6, 6.07) is 13.6. The Labute approximate surface area is 155 Å². The molecule has 3 N–H and O–H groups in total. The summed E-state index contributed by atoms with van der Waals surface area (Å²) in [5, 5.41) is -0.502. The Kier molecular flexibility index (Phi) is 6.03. The third-order valence-electron chi connectivity index (χ3n) is 4.89. The first kappa shape index (κ1) is 19.0. The highest BCUT2D eigenvalue weighted by Crippen LogP contribution is 2.21. The number of nitrogens with zero attached hydrogens (tertiary/aromatic N) is 1. The van der Waals surface area contributed by atoms with Crippen LogP contribution in [0.4, 0.5) is 0 Å². The molecule has 0 bridgehead atoms. The summed E-state index contributed by atoms with van der Waals surface area (Å²) in [6.07, 6.45) is 4.30. The van der Waals surface area contributed by atoms with Crippen LogP contribution < -0.4 is 15.6 Å². The van der Waals surface area contributed by atoms with E-state index in [0.717, 1.165) is 17.5 Å². The molecular weight excluding hydrogens is 348 g/mol. The van der Waals surface area contributed by atoms with Crippen molar-refractivity contribution in [1.82, 2.24) is 20.6 Å². The van der Waals surface area contributed by atoms with Crippen LogP contribution in [0.25, 0.3) is 0 Å². The fourth-order valence-electron chi connectivity index (χ4n) is 3.55. The lowest BCUT2D eigenvalue weighted by Gasteiger charge is -2.22. The van der Waals surface area contributed by atoms with Gasteiger partial charge >= 0.3 is 0 Å². The third-order valence-corrected chi connectivity index (χ3v) is 6.99. The van der Waals surface area contributed by atoms with Crippen LogP contribution in [-0.4, -0.2) is 37.3 Å². The normalized spacial score (nSPS) is 24.5. The van der Waals surface area contributed by atoms with Crippen molar-refractivity contribution in [2.24, 2.45) is 0 Å². The minimum Gasteiger partial charge on any atom is -0.264 e. The van der Waals surface area contributed by atoms with E-state index in [9.17, 15) is 8.42 Å². The molecule has 2 heterocycles. The highest BCUT2D eigenvalue weighted by Gasteiger charge is 2.40. The van der Waals surface area contributed by atoms with Crippen molar-refractivity contribution in [2.45, 2.75) is 43.5 Å². The summed E-state index contributed by atoms with van der Waals surface area (Å²) in [7, 11) is -3.44. The summed E-state index contributed by atoms with van der Waals surface area (Å²) >= 11 is 0. The first-order valence-corrected chi connectivity index (χ1v) is 10.5. The zero-order valence-electron chi connectivity index (χ0n) is 15.1. The summed E-state index contributed by atoms with van der Waals surface area (Å²) in [4.78, 5) is 4.17. The summed E-state index contributed by atoms with van der Waals surface area (Å²) in [5.41, 5.74) is 8.22. The molecule has 140 valence electrons. The number of hydrogen-bond acceptors (Lipinski definition) is 5. The van der Waals surface area contributed by atoms with Gasteiger partial charge in [0.25, 0.3) is 0 Å². The lowest BCUT2D eigenvalue weighted by molar-refractivity contribution is 0.536. The first-order chi connectivity index (χ1) is 12.5. The molecule has 1 aliphatic heterocycles. The fraction of sp³-hybridized carbons (Fsp3) is 0.421. The number of aromatic nitrogens is 1. The Morgan fingerprint density at radius 3 is 2.38 bits per heavy atom. The van der Waals surface area contributed by atoms with E-state index in [-0.39, 0.29) is 18.0 Å². The Bertz CT molecular complexity index is 789. The Balaban J connectivity index is 1.75. The van der Waals surface area contributed by atoms with Crippen LogP contribution in [0, 0.1) is 0 Å². The standard InChI is InChI=1S/C19H26N4O2S/c1-14-19(15(2)23-22-14)26(24,25)21-13-18(17-8-4-3-5-9-17)11-16-7-6-10-20-12-16/h3-10,12,14-15,18-19,21-23H,11,13H2,1-2H3. The minimum absolute atomic E-state index is 0.0445. The molecule has 0 aliphatic carbocycles. The van der Waals surface area contributed by atoms with Crippen molar-refractivity contribution in [3.05, 3.63) is 66.0 Å². The topological polar surface area (TPSA) is 83.1 Å². The molecule has 0 spiro atoms. The maximum absolute atomic E-state index is 12.8. The number of hydrazine groups is 1. The molecule has 6 nitrogen and oxygen atoms in total. The van der Waals surface area contributed by atoms with Crippen LogP contribution in [0.15, 0.2) is 54.9 Å². The number of hydrogen-bond donors (Lipinski definition) is 3. The number of nitrogens with one attached hydrogen (secondary N) is 3. The lowest BCUT2D eigenvalue weighted by Crippen LogP contribution is -2.45. The van der Waals surface area contributed by atoms with Crippen LogP contribution in [0.2, 0.25) is 0 Å². The number of pyridine rings is 1. The predicted molar refractivity (Wildman–Crippen MR) is 103 cm³/mol. The van der Waals surface area contributed by atoms with E-state index in [1.165, 1.54) is 0 Å². The molecule has 1 aromatic heterocycles. The van der Waals surface area contributed by atoms with Crippen LogP contribution in [-0.2, 0) is 16.4 Å². The second kappa shape index (κ2) is 8.26. The van der Waals surface area contributed by atoms with E-state index < -0.39 is 15.3 Å². The van der Waals surface area contributed by atoms with Gasteiger partial charge in [0.05, 0.1) is 0 Å². The van der Waals surface area contributed by atoms with Gasteiger partial charge in [-0.05, 0) is 37.5 Å². The second-order valence-corrected chi connectivity index (χ2v) is 8.82. The predicted octanol–water partition coefficient (Wildman–Crippen LogP) is 1.58. The Hall–Kier alpha value is -1.80. The first-order valence-electron chi connectivity index (χ1n) is 8.91. The molecule has 26 heavy (non-hydrogen) atoms. The molecule has 1 aromatic carbocycles. The smallest absolute Gasteiger partial charge is 0.217 e. The van der Waals surface area contributed by atoms with Gasteiger partial charge in [0.15, 0.2) is 0 Å². The van der Waals surface area contributed by atoms with Gasteiger partial charge in [0.1, 0.15) is 5.25 Å². The van der Waals surface area contributed by atoms with Crippen LogP contribution in [0.3, 0.4) is 0 Å². The zero-order chi connectivity index (χ0) is 18.6. The minimum atomic E-state index is -3.44. The van der Waals surface area contributed by atoms with Crippen molar-refractivity contribution in [3.63, 3.8) is 0 Å². The van der Waals surface area contributed by atoms with E-state index in [1.54, 1.807) is 6.20 Å². The lowest BCUT2D eigenvalue weighted by atomic mass is 9.93. The average Bonchev–Trinajstić information content (AvgIpc) is 2.99. The van der Waals surface area contributed by atoms with Crippen LogP contribution >= 0.6 is 0 Å². The quantitative estimate of drug-likeness (QED) is 0.685. The third kappa shape index (κ3) is 4.48. The molecule has 1 aliphatic rings. The number of benzene rings is 1. The van der Waals surface area contributed by atoms with E-state index in [1.807, 2.05) is 62.5 Å². The maximum atomic E-state index is 12.8. The number of sulfonamides is 1. The summed E-state index contributed by atoms with van der Waals surface area (Å²) < 4.78 is 28.5. The number of rotatable bonds is 7. The Morgan fingerprint density at radius 2 is 1.77 bits per heavy atom. The van der Waals surface area contributed by atoms with Gasteiger partial charge in [-0.1, -0.05) is 36.4 Å². The van der Waals surface area contributed by atoms with Gasteiger partial charge in [-0.25, -0.2) is 13.1 Å². The highest BCUT2D eigenvalue weighted by molar-refractivity contribution is 7.90. The van der Waals surface area contributed by atoms with Gasteiger partial charge in [0.2, 0.25) is 10.0 Å². The largest absolute Gasteiger partial charge is 0.264 e. The van der Waals surface area contributed by atoms with Gasteiger partial charge in [-0.3, -0.25) is 15.8 Å². The molecule has 3 atom stereocenters. The second-order valence-electron chi connectivity index (χ2n) is 6.90. The van der Waals surface area contributed by atoms with Crippen molar-refractivity contribution in [2.75, 3.05) is 6.54 Å². The average molecular weight is 375 g/mol. The van der Waals surface area contributed by atoms with Crippen molar-refractivity contribution in [1.29, 1.82) is 0 Å². The highest BCUT2D eigenvalue weighted by atomic mass is 32.2. The molecule has 1 saturated heterocycles. The van der Waals surface area contributed by atoms with E-state index in [2.05, 4.69) is 20.6 Å². The molecule has 0 amide bonds. The SMILES string of the molecule is CC1NNC(C)C1S(=O)(=O)NCC(Cc1cccnc1)c1ccccc1. The van der Waals surface area contributed by atoms with Gasteiger partial charge in [-0.15, -0.1) is 0 Å². The molecule has 1 fully saturated rings.